The second-order valence-electron chi connectivity index (χ2n) is 4.84. The minimum Gasteiger partial charge on any atom is -0.478 e. The maximum absolute atomic E-state index is 10.8. The molecule has 1 unspecified atom stereocenters. The third-order valence-corrected chi connectivity index (χ3v) is 3.45. The third kappa shape index (κ3) is 3.55. The number of rotatable bonds is 3. The quantitative estimate of drug-likeness (QED) is 0.591. The Morgan fingerprint density at radius 1 is 1.60 bits per heavy atom. The Labute approximate surface area is 115 Å². The van der Waals surface area contributed by atoms with E-state index in [1.54, 1.807) is 6.92 Å². The van der Waals surface area contributed by atoms with Gasteiger partial charge < -0.3 is 26.2 Å². The van der Waals surface area contributed by atoms with E-state index in [9.17, 15) is 9.59 Å². The molecule has 1 amide bonds. The van der Waals surface area contributed by atoms with Gasteiger partial charge in [0.15, 0.2) is 0 Å². The Bertz CT molecular complexity index is 487. The van der Waals surface area contributed by atoms with Gasteiger partial charge in [-0.25, -0.2) is 4.79 Å². The largest absolute Gasteiger partial charge is 0.478 e. The fourth-order valence-electron chi connectivity index (χ4n) is 2.22. The lowest BCUT2D eigenvalue weighted by molar-refractivity contribution is -0.123. The van der Waals surface area contributed by atoms with Crippen LogP contribution in [0, 0.1) is 12.8 Å². The predicted molar refractivity (Wildman–Crippen MR) is 68.7 cm³/mol. The molecule has 1 fully saturated rings. The lowest BCUT2D eigenvalue weighted by atomic mass is 9.88. The molecule has 2 atom stereocenters. The lowest BCUT2D eigenvalue weighted by Crippen LogP contribution is -2.51. The van der Waals surface area contributed by atoms with Crippen molar-refractivity contribution in [3.63, 3.8) is 0 Å². The van der Waals surface area contributed by atoms with Crippen LogP contribution in [0.15, 0.2) is 10.7 Å². The summed E-state index contributed by atoms with van der Waals surface area (Å²) in [5.74, 6) is -1.40. The van der Waals surface area contributed by atoms with Crippen molar-refractivity contribution in [2.75, 3.05) is 6.61 Å². The summed E-state index contributed by atoms with van der Waals surface area (Å²) in [7, 11) is 0. The zero-order valence-corrected chi connectivity index (χ0v) is 11.2. The van der Waals surface area contributed by atoms with Crippen LogP contribution >= 0.6 is 0 Å². The number of amides is 1. The molecule has 0 spiro atoms. The summed E-state index contributed by atoms with van der Waals surface area (Å²) in [4.78, 5) is 21.0. The minimum atomic E-state index is -1.01. The molecule has 1 saturated carbocycles. The molecular formula is C12H19N3O5. The first-order valence-corrected chi connectivity index (χ1v) is 6.15. The number of hydrogen-bond acceptors (Lipinski definition) is 6. The molecule has 1 aromatic heterocycles. The predicted octanol–water partition coefficient (Wildman–Crippen LogP) is -0.357. The van der Waals surface area contributed by atoms with E-state index in [-0.39, 0.29) is 24.0 Å². The first-order valence-electron chi connectivity index (χ1n) is 6.15. The van der Waals surface area contributed by atoms with Crippen LogP contribution in [-0.2, 0) is 4.79 Å². The van der Waals surface area contributed by atoms with Gasteiger partial charge in [0.2, 0.25) is 5.91 Å². The number of carbonyl (C=O) groups excluding carboxylic acids is 1. The normalized spacial score (nSPS) is 24.9. The molecule has 1 heterocycles. The summed E-state index contributed by atoms with van der Waals surface area (Å²) in [6.45, 7) is 1.40. The summed E-state index contributed by atoms with van der Waals surface area (Å²) in [5, 5.41) is 20.6. The second kappa shape index (κ2) is 6.49. The number of nitrogens with two attached hydrogens (primary N) is 2. The monoisotopic (exact) mass is 285 g/mol. The maximum Gasteiger partial charge on any atom is 0.340 e. The van der Waals surface area contributed by atoms with E-state index >= 15 is 0 Å². The summed E-state index contributed by atoms with van der Waals surface area (Å²) in [6, 6.07) is 0. The van der Waals surface area contributed by atoms with E-state index in [0.29, 0.717) is 18.6 Å². The van der Waals surface area contributed by atoms with Gasteiger partial charge in [-0.3, -0.25) is 4.79 Å². The molecule has 8 nitrogen and oxygen atoms in total. The molecular weight excluding hydrogens is 266 g/mol. The number of aliphatic hydroxyl groups is 1. The zero-order chi connectivity index (χ0) is 15.3. The van der Waals surface area contributed by atoms with Gasteiger partial charge in [0.05, 0.1) is 24.3 Å². The van der Waals surface area contributed by atoms with Crippen LogP contribution in [0.2, 0.25) is 0 Å². The van der Waals surface area contributed by atoms with E-state index in [2.05, 4.69) is 9.68 Å². The maximum atomic E-state index is 10.8. The molecule has 0 bridgehead atoms. The third-order valence-electron chi connectivity index (χ3n) is 3.45. The van der Waals surface area contributed by atoms with Gasteiger partial charge in [-0.2, -0.15) is 0 Å². The van der Waals surface area contributed by atoms with Crippen LogP contribution in [0.5, 0.6) is 0 Å². The number of aromatic carboxylic acids is 1. The van der Waals surface area contributed by atoms with Crippen LogP contribution in [0.3, 0.4) is 0 Å². The van der Waals surface area contributed by atoms with E-state index < -0.39 is 11.5 Å². The number of aliphatic hydroxyl groups excluding tert-OH is 1. The van der Waals surface area contributed by atoms with Gasteiger partial charge in [-0.05, 0) is 19.8 Å². The SMILES string of the molecule is Cc1oncc1C(=O)O.NC(=O)C1CCC[C@@]1(N)CO. The van der Waals surface area contributed by atoms with E-state index in [0.717, 1.165) is 6.42 Å². The number of carboxylic acid groups (broad SMARTS) is 1. The van der Waals surface area contributed by atoms with Crippen LogP contribution in [0.25, 0.3) is 0 Å². The summed E-state index contributed by atoms with van der Waals surface area (Å²) in [5.41, 5.74) is 10.2. The number of hydrogen-bond donors (Lipinski definition) is 4. The fraction of sp³-hybridized carbons (Fsp3) is 0.583. The highest BCUT2D eigenvalue weighted by atomic mass is 16.5. The van der Waals surface area contributed by atoms with Crippen LogP contribution in [0.4, 0.5) is 0 Å². The van der Waals surface area contributed by atoms with Gasteiger partial charge in [-0.15, -0.1) is 0 Å². The summed E-state index contributed by atoms with van der Waals surface area (Å²) >= 11 is 0. The van der Waals surface area contributed by atoms with Crippen molar-refractivity contribution in [3.05, 3.63) is 17.5 Å². The zero-order valence-electron chi connectivity index (χ0n) is 11.2. The highest BCUT2D eigenvalue weighted by Crippen LogP contribution is 2.32. The van der Waals surface area contributed by atoms with Crippen LogP contribution < -0.4 is 11.5 Å². The lowest BCUT2D eigenvalue weighted by Gasteiger charge is -2.26. The van der Waals surface area contributed by atoms with Crippen molar-refractivity contribution < 1.29 is 24.3 Å². The molecule has 1 aliphatic carbocycles. The minimum absolute atomic E-state index is 0.120. The average molecular weight is 285 g/mol. The highest BCUT2D eigenvalue weighted by Gasteiger charge is 2.42. The topological polar surface area (TPSA) is 153 Å². The molecule has 20 heavy (non-hydrogen) atoms. The number of aromatic nitrogens is 1. The Balaban J connectivity index is 0.000000204. The summed E-state index contributed by atoms with van der Waals surface area (Å²) < 4.78 is 4.49. The van der Waals surface area contributed by atoms with Crippen molar-refractivity contribution >= 4 is 11.9 Å². The highest BCUT2D eigenvalue weighted by molar-refractivity contribution is 5.88. The van der Waals surface area contributed by atoms with E-state index in [1.807, 2.05) is 0 Å². The molecule has 0 aromatic carbocycles. The van der Waals surface area contributed by atoms with Gasteiger partial charge in [0, 0.05) is 0 Å². The van der Waals surface area contributed by atoms with Crippen molar-refractivity contribution in [2.45, 2.75) is 31.7 Å². The van der Waals surface area contributed by atoms with E-state index in [1.165, 1.54) is 6.20 Å². The van der Waals surface area contributed by atoms with Crippen molar-refractivity contribution in [1.29, 1.82) is 0 Å². The molecule has 1 aromatic rings. The van der Waals surface area contributed by atoms with Crippen LogP contribution in [-0.4, -0.2) is 39.4 Å². The number of primary amides is 1. The van der Waals surface area contributed by atoms with Gasteiger partial charge in [0.25, 0.3) is 0 Å². The number of carbonyl (C=O) groups is 2. The molecule has 0 radical (unpaired) electrons. The van der Waals surface area contributed by atoms with Gasteiger partial charge in [0.1, 0.15) is 11.3 Å². The molecule has 112 valence electrons. The molecule has 2 rings (SSSR count). The van der Waals surface area contributed by atoms with E-state index in [4.69, 9.17) is 21.7 Å². The molecule has 1 aliphatic rings. The average Bonchev–Trinajstić information content (AvgIpc) is 2.96. The molecule has 0 aliphatic heterocycles. The van der Waals surface area contributed by atoms with Gasteiger partial charge in [-0.1, -0.05) is 11.6 Å². The van der Waals surface area contributed by atoms with Crippen molar-refractivity contribution in [2.24, 2.45) is 17.4 Å². The Kier molecular flexibility index (Phi) is 5.23. The van der Waals surface area contributed by atoms with Crippen molar-refractivity contribution in [1.82, 2.24) is 5.16 Å². The standard InChI is InChI=1S/C7H14N2O2.C5H5NO3/c8-6(11)5-2-1-3-7(5,9)4-10;1-3-4(5(7)8)2-6-9-3/h5,10H,1-4,9H2,(H2,8,11);2H,1H3,(H,7,8)/t5?,7-;/m1./s1. The molecule has 6 N–H and O–H groups in total. The van der Waals surface area contributed by atoms with Crippen molar-refractivity contribution in [3.8, 4) is 0 Å². The Morgan fingerprint density at radius 2 is 2.25 bits per heavy atom. The Morgan fingerprint density at radius 3 is 2.55 bits per heavy atom. The smallest absolute Gasteiger partial charge is 0.340 e. The number of carboxylic acids is 1. The summed E-state index contributed by atoms with van der Waals surface area (Å²) in [6.07, 6.45) is 3.46. The number of nitrogens with zero attached hydrogens (tertiary/aromatic N) is 1. The Hall–Kier alpha value is -1.93. The first kappa shape index (κ1) is 16.1. The number of aryl methyl sites for hydroxylation is 1. The fourth-order valence-corrected chi connectivity index (χ4v) is 2.22. The first-order chi connectivity index (χ1) is 9.31. The van der Waals surface area contributed by atoms with Gasteiger partial charge >= 0.3 is 5.97 Å². The second-order valence-corrected chi connectivity index (χ2v) is 4.84. The molecule has 0 saturated heterocycles. The molecule has 8 heteroatoms. The van der Waals surface area contributed by atoms with Crippen LogP contribution in [0.1, 0.15) is 35.4 Å².